The number of hydrogen-bond acceptors (Lipinski definition) is 4. The van der Waals surface area contributed by atoms with E-state index >= 15 is 0 Å². The lowest BCUT2D eigenvalue weighted by Gasteiger charge is -2.21. The van der Waals surface area contributed by atoms with Gasteiger partial charge in [-0.15, -0.1) is 0 Å². The molecule has 158 valence electrons. The molecule has 0 aliphatic carbocycles. The van der Waals surface area contributed by atoms with Crippen molar-refractivity contribution in [3.05, 3.63) is 64.7 Å². The molecule has 2 aromatic rings. The van der Waals surface area contributed by atoms with Crippen LogP contribution < -0.4 is 15.4 Å². The molecule has 0 saturated heterocycles. The molecular formula is C21H29N3O3S2. The quantitative estimate of drug-likeness (QED) is 0.500. The van der Waals surface area contributed by atoms with Crippen molar-refractivity contribution in [1.82, 2.24) is 10.6 Å². The molecule has 2 rings (SSSR count). The molecule has 0 aliphatic rings. The van der Waals surface area contributed by atoms with Crippen LogP contribution in [0.5, 0.6) is 0 Å². The number of nitrogens with one attached hydrogen (secondary N) is 3. The highest BCUT2D eigenvalue weighted by molar-refractivity contribution is 7.92. The normalized spacial score (nSPS) is 11.8. The number of hydrogen-bond donors (Lipinski definition) is 4. The van der Waals surface area contributed by atoms with Crippen molar-refractivity contribution < 1.29 is 13.5 Å². The smallest absolute Gasteiger partial charge is 0.229 e. The first-order chi connectivity index (χ1) is 13.5. The number of thiocarbonyl (C=S) groups is 1. The van der Waals surface area contributed by atoms with Crippen LogP contribution in [0.25, 0.3) is 0 Å². The van der Waals surface area contributed by atoms with Gasteiger partial charge in [0.05, 0.1) is 12.9 Å². The lowest BCUT2D eigenvalue weighted by atomic mass is 9.85. The number of aliphatic hydroxyl groups excluding tert-OH is 1. The summed E-state index contributed by atoms with van der Waals surface area (Å²) in [5.74, 6) is 0. The highest BCUT2D eigenvalue weighted by Gasteiger charge is 2.15. The second kappa shape index (κ2) is 9.56. The fraction of sp³-hybridized carbons (Fsp3) is 0.381. The van der Waals surface area contributed by atoms with E-state index in [1.54, 1.807) is 12.1 Å². The molecule has 0 heterocycles. The molecular weight excluding hydrogens is 406 g/mol. The summed E-state index contributed by atoms with van der Waals surface area (Å²) >= 11 is 5.34. The number of aliphatic hydroxyl groups is 1. The summed E-state index contributed by atoms with van der Waals surface area (Å²) in [6.07, 6.45) is 1.12. The van der Waals surface area contributed by atoms with E-state index < -0.39 is 10.0 Å². The highest BCUT2D eigenvalue weighted by atomic mass is 32.2. The summed E-state index contributed by atoms with van der Waals surface area (Å²) in [4.78, 5) is 0. The average Bonchev–Trinajstić information content (AvgIpc) is 2.63. The second-order valence-electron chi connectivity index (χ2n) is 8.00. The summed E-state index contributed by atoms with van der Waals surface area (Å²) < 4.78 is 24.9. The van der Waals surface area contributed by atoms with Gasteiger partial charge in [0, 0.05) is 18.8 Å². The molecule has 0 spiro atoms. The van der Waals surface area contributed by atoms with E-state index in [0.29, 0.717) is 23.9 Å². The van der Waals surface area contributed by atoms with Crippen LogP contribution in [0, 0.1) is 0 Å². The fourth-order valence-corrected chi connectivity index (χ4v) is 3.45. The molecule has 2 aromatic carbocycles. The molecule has 0 aromatic heterocycles. The predicted octanol–water partition coefficient (Wildman–Crippen LogP) is 3.01. The van der Waals surface area contributed by atoms with Gasteiger partial charge in [-0.3, -0.25) is 4.72 Å². The van der Waals surface area contributed by atoms with E-state index in [2.05, 4.69) is 42.2 Å². The van der Waals surface area contributed by atoms with Crippen LogP contribution in [-0.4, -0.2) is 24.9 Å². The third-order valence-electron chi connectivity index (χ3n) is 4.39. The third-order valence-corrected chi connectivity index (χ3v) is 5.29. The molecule has 4 N–H and O–H groups in total. The number of anilines is 1. The van der Waals surface area contributed by atoms with E-state index in [1.165, 1.54) is 5.56 Å². The van der Waals surface area contributed by atoms with Gasteiger partial charge in [-0.1, -0.05) is 51.1 Å². The molecule has 6 nitrogen and oxygen atoms in total. The van der Waals surface area contributed by atoms with Gasteiger partial charge in [-0.05, 0) is 52.0 Å². The van der Waals surface area contributed by atoms with Crippen molar-refractivity contribution in [3.8, 4) is 0 Å². The fourth-order valence-electron chi connectivity index (χ4n) is 2.74. The largest absolute Gasteiger partial charge is 0.392 e. The van der Waals surface area contributed by atoms with Gasteiger partial charge in [-0.2, -0.15) is 0 Å². The zero-order valence-corrected chi connectivity index (χ0v) is 18.9. The Hall–Kier alpha value is -2.16. The van der Waals surface area contributed by atoms with Crippen molar-refractivity contribution in [2.24, 2.45) is 0 Å². The maximum absolute atomic E-state index is 11.2. The zero-order chi connectivity index (χ0) is 21.7. The van der Waals surface area contributed by atoms with Gasteiger partial charge in [0.1, 0.15) is 0 Å². The van der Waals surface area contributed by atoms with Crippen LogP contribution >= 0.6 is 12.2 Å². The van der Waals surface area contributed by atoms with Gasteiger partial charge >= 0.3 is 0 Å². The number of sulfonamides is 1. The Morgan fingerprint density at radius 3 is 2.17 bits per heavy atom. The first kappa shape index (κ1) is 23.1. The molecule has 0 unspecified atom stereocenters. The first-order valence-corrected chi connectivity index (χ1v) is 11.6. The maximum atomic E-state index is 11.2. The van der Waals surface area contributed by atoms with Crippen LogP contribution in [0.1, 0.15) is 43.0 Å². The maximum Gasteiger partial charge on any atom is 0.229 e. The predicted molar refractivity (Wildman–Crippen MR) is 122 cm³/mol. The summed E-state index contributed by atoms with van der Waals surface area (Å²) in [5.41, 5.74) is 4.59. The lowest BCUT2D eigenvalue weighted by molar-refractivity contribution is 0.280. The van der Waals surface area contributed by atoms with Crippen molar-refractivity contribution in [2.45, 2.75) is 45.9 Å². The summed E-state index contributed by atoms with van der Waals surface area (Å²) in [6, 6.07) is 13.2. The minimum atomic E-state index is -3.28. The monoisotopic (exact) mass is 435 g/mol. The third kappa shape index (κ3) is 7.64. The lowest BCUT2D eigenvalue weighted by Crippen LogP contribution is -2.34. The SMILES string of the molecule is CC(C)(C)c1ccc(CNC(=S)NCc2ccc(NS(C)(=O)=O)cc2)c(CO)c1. The van der Waals surface area contributed by atoms with Crippen LogP contribution in [0.2, 0.25) is 0 Å². The van der Waals surface area contributed by atoms with Gasteiger partial charge in [0.15, 0.2) is 5.11 Å². The van der Waals surface area contributed by atoms with Crippen LogP contribution in [0.4, 0.5) is 5.69 Å². The van der Waals surface area contributed by atoms with Crippen molar-refractivity contribution in [1.29, 1.82) is 0 Å². The van der Waals surface area contributed by atoms with E-state index in [4.69, 9.17) is 12.2 Å². The second-order valence-corrected chi connectivity index (χ2v) is 10.2. The van der Waals surface area contributed by atoms with Crippen LogP contribution in [0.3, 0.4) is 0 Å². The Bertz CT molecular complexity index is 950. The molecule has 8 heteroatoms. The van der Waals surface area contributed by atoms with Gasteiger partial charge in [-0.25, -0.2) is 8.42 Å². The molecule has 0 atom stereocenters. The standard InChI is InChI=1S/C21H29N3O3S2/c1-21(2,3)18-8-7-16(17(11-18)14-25)13-23-20(28)22-12-15-5-9-19(10-6-15)24-29(4,26)27/h5-11,24-25H,12-14H2,1-4H3,(H2,22,23,28). The van der Waals surface area contributed by atoms with E-state index in [9.17, 15) is 13.5 Å². The Kier molecular flexibility index (Phi) is 7.62. The molecule has 0 bridgehead atoms. The molecule has 0 fully saturated rings. The van der Waals surface area contributed by atoms with Crippen molar-refractivity contribution in [2.75, 3.05) is 11.0 Å². The Balaban J connectivity index is 1.89. The summed E-state index contributed by atoms with van der Waals surface area (Å²) in [5, 5.41) is 16.5. The molecule has 0 saturated carbocycles. The topological polar surface area (TPSA) is 90.5 Å². The molecule has 0 aliphatic heterocycles. The number of benzene rings is 2. The Morgan fingerprint density at radius 2 is 1.62 bits per heavy atom. The van der Waals surface area contributed by atoms with E-state index in [-0.39, 0.29) is 12.0 Å². The van der Waals surface area contributed by atoms with Crippen molar-refractivity contribution in [3.63, 3.8) is 0 Å². The van der Waals surface area contributed by atoms with Crippen LogP contribution in [-0.2, 0) is 35.1 Å². The van der Waals surface area contributed by atoms with Gasteiger partial charge < -0.3 is 15.7 Å². The molecule has 0 radical (unpaired) electrons. The number of rotatable bonds is 7. The Morgan fingerprint density at radius 1 is 1.00 bits per heavy atom. The summed E-state index contributed by atoms with van der Waals surface area (Å²) in [6.45, 7) is 7.44. The Labute approximate surface area is 178 Å². The summed E-state index contributed by atoms with van der Waals surface area (Å²) in [7, 11) is -3.28. The molecule has 29 heavy (non-hydrogen) atoms. The minimum absolute atomic E-state index is 0.0189. The minimum Gasteiger partial charge on any atom is -0.392 e. The van der Waals surface area contributed by atoms with Gasteiger partial charge in [0.2, 0.25) is 10.0 Å². The average molecular weight is 436 g/mol. The van der Waals surface area contributed by atoms with Crippen LogP contribution in [0.15, 0.2) is 42.5 Å². The highest BCUT2D eigenvalue weighted by Crippen LogP contribution is 2.24. The van der Waals surface area contributed by atoms with Crippen molar-refractivity contribution >= 4 is 33.0 Å². The van der Waals surface area contributed by atoms with Gasteiger partial charge in [0.25, 0.3) is 0 Å². The van der Waals surface area contributed by atoms with E-state index in [0.717, 1.165) is 22.9 Å². The molecule has 0 amide bonds. The van der Waals surface area contributed by atoms with E-state index in [1.807, 2.05) is 24.3 Å². The zero-order valence-electron chi connectivity index (χ0n) is 17.2. The first-order valence-electron chi connectivity index (χ1n) is 9.29.